The summed E-state index contributed by atoms with van der Waals surface area (Å²) in [4.78, 5) is 67.2. The summed E-state index contributed by atoms with van der Waals surface area (Å²) in [6, 6.07) is 10.7. The lowest BCUT2D eigenvalue weighted by Crippen LogP contribution is -2.56. The molecule has 2 rings (SSSR count). The molecule has 0 aliphatic rings. The molecule has 14 nitrogen and oxygen atoms in total. The number of carbonyl (C=O) groups excluding carboxylic acids is 5. The Labute approximate surface area is 284 Å². The first-order valence-electron chi connectivity index (χ1n) is 15.6. The van der Waals surface area contributed by atoms with Gasteiger partial charge in [0, 0.05) is 39.2 Å². The van der Waals surface area contributed by atoms with Gasteiger partial charge in [0.2, 0.25) is 23.6 Å². The predicted octanol–water partition coefficient (Wildman–Crippen LogP) is 1.14. The Kier molecular flexibility index (Phi) is 16.8. The van der Waals surface area contributed by atoms with Crippen molar-refractivity contribution in [1.29, 1.82) is 0 Å². The Balaban J connectivity index is 1.98. The minimum atomic E-state index is -0.950. The third-order valence-electron chi connectivity index (χ3n) is 7.31. The van der Waals surface area contributed by atoms with Crippen molar-refractivity contribution in [3.63, 3.8) is 0 Å². The minimum absolute atomic E-state index is 0.0160. The first-order chi connectivity index (χ1) is 22.8. The Morgan fingerprint density at radius 3 is 2.19 bits per heavy atom. The number of likely N-dealkylation sites (N-methyl/N-ethyl adjacent to an activating group) is 2. The second-order valence-corrected chi connectivity index (χ2v) is 12.2. The van der Waals surface area contributed by atoms with Crippen molar-refractivity contribution in [2.24, 2.45) is 5.92 Å². The molecule has 0 radical (unpaired) electrons. The molecule has 0 saturated heterocycles. The van der Waals surface area contributed by atoms with Crippen LogP contribution in [0.2, 0.25) is 0 Å². The normalized spacial score (nSPS) is 12.0. The van der Waals surface area contributed by atoms with E-state index in [2.05, 4.69) is 30.4 Å². The zero-order chi connectivity index (χ0) is 35.8. The molecule has 15 heteroatoms. The van der Waals surface area contributed by atoms with Crippen LogP contribution in [0.5, 0.6) is 11.5 Å². The number of nitrogens with one attached hydrogen (secondary N) is 4. The van der Waals surface area contributed by atoms with Gasteiger partial charge in [-0.15, -0.1) is 0 Å². The molecular weight excluding hydrogens is 639 g/mol. The van der Waals surface area contributed by atoms with E-state index in [-0.39, 0.29) is 56.8 Å². The van der Waals surface area contributed by atoms with Crippen LogP contribution < -0.4 is 30.5 Å². The number of nitrogens with zero attached hydrogens (tertiary/aromatic N) is 2. The highest BCUT2D eigenvalue weighted by Gasteiger charge is 2.28. The van der Waals surface area contributed by atoms with Crippen molar-refractivity contribution in [2.75, 3.05) is 47.4 Å². The van der Waals surface area contributed by atoms with E-state index in [1.807, 2.05) is 51.1 Å². The molecule has 5 amide bonds. The zero-order valence-electron chi connectivity index (χ0n) is 28.5. The van der Waals surface area contributed by atoms with Gasteiger partial charge in [-0.2, -0.15) is 0 Å². The predicted molar refractivity (Wildman–Crippen MR) is 184 cm³/mol. The van der Waals surface area contributed by atoms with Crippen LogP contribution in [0.15, 0.2) is 42.5 Å². The van der Waals surface area contributed by atoms with Crippen molar-refractivity contribution in [1.82, 2.24) is 30.8 Å². The SMILES string of the molecule is COc1cc(C)cc(CO)c1OC(=O)N(C)CCN(C)C(=O)CNC(=O)C(CC(C)C)NC(=O)C(Cc1ccccc1)NC(=O)CNP. The molecule has 0 spiro atoms. The smallest absolute Gasteiger partial charge is 0.415 e. The topological polar surface area (TPSA) is 179 Å². The molecule has 0 aromatic heterocycles. The van der Waals surface area contributed by atoms with Crippen LogP contribution in [0.25, 0.3) is 0 Å². The van der Waals surface area contributed by atoms with Crippen LogP contribution in [0.1, 0.15) is 37.0 Å². The number of ether oxygens (including phenoxy) is 2. The number of hydrogen-bond donors (Lipinski definition) is 5. The summed E-state index contributed by atoms with van der Waals surface area (Å²) >= 11 is 0. The molecule has 0 saturated carbocycles. The zero-order valence-corrected chi connectivity index (χ0v) is 29.7. The van der Waals surface area contributed by atoms with E-state index in [9.17, 15) is 29.1 Å². The van der Waals surface area contributed by atoms with E-state index in [4.69, 9.17) is 9.47 Å². The summed E-state index contributed by atoms with van der Waals surface area (Å²) < 4.78 is 10.8. The van der Waals surface area contributed by atoms with Crippen molar-refractivity contribution < 1.29 is 38.6 Å². The lowest BCUT2D eigenvalue weighted by atomic mass is 10.0. The Morgan fingerprint density at radius 2 is 1.58 bits per heavy atom. The first-order valence-corrected chi connectivity index (χ1v) is 16.2. The average molecular weight is 689 g/mol. The Hall–Kier alpha value is -4.26. The third kappa shape index (κ3) is 13.1. The van der Waals surface area contributed by atoms with Gasteiger partial charge in [-0.1, -0.05) is 53.6 Å². The Morgan fingerprint density at radius 1 is 0.917 bits per heavy atom. The highest BCUT2D eigenvalue weighted by Crippen LogP contribution is 2.33. The maximum absolute atomic E-state index is 13.4. The number of aliphatic hydroxyl groups excluding tert-OH is 1. The number of amides is 5. The summed E-state index contributed by atoms with van der Waals surface area (Å²) in [6.07, 6.45) is -0.185. The van der Waals surface area contributed by atoms with Gasteiger partial charge in [0.05, 0.1) is 26.8 Å². The van der Waals surface area contributed by atoms with Gasteiger partial charge in [-0.3, -0.25) is 24.3 Å². The second kappa shape index (κ2) is 20.2. The molecule has 264 valence electrons. The molecule has 5 N–H and O–H groups in total. The Bertz CT molecular complexity index is 1370. The summed E-state index contributed by atoms with van der Waals surface area (Å²) in [5, 5.41) is 20.5. The van der Waals surface area contributed by atoms with Crippen LogP contribution >= 0.6 is 9.39 Å². The van der Waals surface area contributed by atoms with Crippen LogP contribution in [0.4, 0.5) is 4.79 Å². The highest BCUT2D eigenvalue weighted by atomic mass is 31.0. The molecule has 0 aliphatic carbocycles. The molecule has 0 aliphatic heterocycles. The number of aryl methyl sites for hydroxylation is 1. The van der Waals surface area contributed by atoms with E-state index in [1.54, 1.807) is 12.1 Å². The van der Waals surface area contributed by atoms with Gasteiger partial charge in [0.15, 0.2) is 11.5 Å². The number of rotatable bonds is 18. The van der Waals surface area contributed by atoms with Gasteiger partial charge in [-0.05, 0) is 42.5 Å². The second-order valence-electron chi connectivity index (χ2n) is 11.8. The van der Waals surface area contributed by atoms with Crippen LogP contribution in [0.3, 0.4) is 0 Å². The molecule has 48 heavy (non-hydrogen) atoms. The van der Waals surface area contributed by atoms with Crippen LogP contribution in [-0.2, 0) is 32.2 Å². The van der Waals surface area contributed by atoms with Crippen molar-refractivity contribution in [3.05, 3.63) is 59.2 Å². The molecule has 3 atom stereocenters. The summed E-state index contributed by atoms with van der Waals surface area (Å²) in [7, 11) is 6.70. The molecule has 2 aromatic carbocycles. The van der Waals surface area contributed by atoms with Gasteiger partial charge in [-0.25, -0.2) is 4.79 Å². The van der Waals surface area contributed by atoms with E-state index in [0.717, 1.165) is 11.1 Å². The number of hydrogen-bond acceptors (Lipinski definition) is 9. The van der Waals surface area contributed by atoms with E-state index in [1.165, 1.54) is 31.0 Å². The highest BCUT2D eigenvalue weighted by molar-refractivity contribution is 7.13. The van der Waals surface area contributed by atoms with E-state index >= 15 is 0 Å². The van der Waals surface area contributed by atoms with Crippen molar-refractivity contribution in [2.45, 2.75) is 52.3 Å². The number of benzene rings is 2. The summed E-state index contributed by atoms with van der Waals surface area (Å²) in [5.74, 6) is -1.41. The largest absolute Gasteiger partial charge is 0.493 e. The lowest BCUT2D eigenvalue weighted by molar-refractivity contribution is -0.134. The molecule has 0 fully saturated rings. The summed E-state index contributed by atoms with van der Waals surface area (Å²) in [6.45, 7) is 5.18. The van der Waals surface area contributed by atoms with Crippen molar-refractivity contribution in [3.8, 4) is 11.5 Å². The number of carbonyl (C=O) groups is 5. The standard InChI is InChI=1S/C33H49N6O8P/c1-21(2)14-25(37-32(44)26(36-28(41)18-35-48)17-23-10-8-7-9-11-23)31(43)34-19-29(42)38(4)12-13-39(5)33(45)47-30-24(20-40)15-22(3)16-27(30)46-6/h7-11,15-16,21,25-26,35,40H,12-14,17-20,48H2,1-6H3,(H,34,43)(H,36,41)(H,37,44). The van der Waals surface area contributed by atoms with E-state index in [0.29, 0.717) is 17.7 Å². The van der Waals surface area contributed by atoms with Gasteiger partial charge < -0.3 is 40.3 Å². The molecule has 0 bridgehead atoms. The minimum Gasteiger partial charge on any atom is -0.493 e. The average Bonchev–Trinajstić information content (AvgIpc) is 3.05. The molecule has 0 heterocycles. The number of aliphatic hydroxyl groups is 1. The first kappa shape index (κ1) is 39.9. The summed E-state index contributed by atoms with van der Waals surface area (Å²) in [5.41, 5.74) is 2.06. The monoisotopic (exact) mass is 688 g/mol. The fourth-order valence-electron chi connectivity index (χ4n) is 4.67. The fourth-order valence-corrected chi connectivity index (χ4v) is 4.86. The van der Waals surface area contributed by atoms with Gasteiger partial charge in [0.1, 0.15) is 12.1 Å². The third-order valence-corrected chi connectivity index (χ3v) is 7.52. The molecular formula is C33H49N6O8P. The van der Waals surface area contributed by atoms with Crippen molar-refractivity contribution >= 4 is 39.1 Å². The van der Waals surface area contributed by atoms with E-state index < -0.39 is 35.9 Å². The van der Waals surface area contributed by atoms with Crippen LogP contribution in [-0.4, -0.2) is 104 Å². The maximum atomic E-state index is 13.4. The van der Waals surface area contributed by atoms with Gasteiger partial charge in [0.25, 0.3) is 0 Å². The maximum Gasteiger partial charge on any atom is 0.415 e. The lowest BCUT2D eigenvalue weighted by Gasteiger charge is -2.25. The quantitative estimate of drug-likeness (QED) is 0.144. The number of methoxy groups -OCH3 is 1. The molecule has 3 unspecified atom stereocenters. The molecule has 2 aromatic rings. The van der Waals surface area contributed by atoms with Crippen LogP contribution in [0, 0.1) is 12.8 Å². The fraction of sp³-hybridized carbons (Fsp3) is 0.485. The van der Waals surface area contributed by atoms with Gasteiger partial charge >= 0.3 is 6.09 Å².